The Morgan fingerprint density at radius 1 is 1.17 bits per heavy atom. The van der Waals surface area contributed by atoms with E-state index in [4.69, 9.17) is 0 Å². The maximum atomic E-state index is 13.9. The number of likely N-dealkylation sites (N-methyl/N-ethyl adjacent to an activating group) is 1. The fourth-order valence-electron chi connectivity index (χ4n) is 2.74. The van der Waals surface area contributed by atoms with E-state index in [1.807, 2.05) is 0 Å². The van der Waals surface area contributed by atoms with E-state index in [1.165, 1.54) is 6.07 Å². The van der Waals surface area contributed by atoms with Gasteiger partial charge in [-0.25, -0.2) is 4.39 Å². The average Bonchev–Trinajstić information content (AvgIpc) is 3.40. The van der Waals surface area contributed by atoms with Gasteiger partial charge >= 0.3 is 0 Å². The fraction of sp³-hybridized carbons (Fsp3) is 0.556. The second kappa shape index (κ2) is 7.30. The van der Waals surface area contributed by atoms with Crippen molar-refractivity contribution in [3.63, 3.8) is 0 Å². The van der Waals surface area contributed by atoms with E-state index >= 15 is 0 Å². The van der Waals surface area contributed by atoms with Crippen molar-refractivity contribution < 1.29 is 14.0 Å². The summed E-state index contributed by atoms with van der Waals surface area (Å²) in [6.45, 7) is 0.668. The van der Waals surface area contributed by atoms with Crippen LogP contribution in [0.4, 0.5) is 4.39 Å². The van der Waals surface area contributed by atoms with Crippen molar-refractivity contribution in [2.45, 2.75) is 44.3 Å². The lowest BCUT2D eigenvalue weighted by Crippen LogP contribution is -2.43. The topological polar surface area (TPSA) is 52.7 Å². The van der Waals surface area contributed by atoms with Gasteiger partial charge in [0.2, 0.25) is 11.8 Å². The number of amides is 2. The van der Waals surface area contributed by atoms with Gasteiger partial charge in [-0.3, -0.25) is 14.5 Å². The van der Waals surface area contributed by atoms with Crippen molar-refractivity contribution in [3.05, 3.63) is 35.6 Å². The van der Waals surface area contributed by atoms with Crippen molar-refractivity contribution in [2.75, 3.05) is 20.1 Å². The Morgan fingerprint density at radius 3 is 2.50 bits per heavy atom. The zero-order valence-corrected chi connectivity index (χ0v) is 14.0. The minimum Gasteiger partial charge on any atom is -0.352 e. The third kappa shape index (κ3) is 4.77. The summed E-state index contributed by atoms with van der Waals surface area (Å²) in [7, 11) is 1.76. The van der Waals surface area contributed by atoms with Gasteiger partial charge in [-0.05, 0) is 38.8 Å². The first-order valence-electron chi connectivity index (χ1n) is 8.53. The van der Waals surface area contributed by atoms with Crippen molar-refractivity contribution >= 4 is 11.8 Å². The van der Waals surface area contributed by atoms with Gasteiger partial charge in [-0.1, -0.05) is 18.2 Å². The molecule has 24 heavy (non-hydrogen) atoms. The predicted molar refractivity (Wildman–Crippen MR) is 88.6 cm³/mol. The smallest absolute Gasteiger partial charge is 0.237 e. The molecule has 0 atom stereocenters. The number of halogens is 1. The first kappa shape index (κ1) is 16.9. The van der Waals surface area contributed by atoms with Gasteiger partial charge in [-0.15, -0.1) is 0 Å². The lowest BCUT2D eigenvalue weighted by molar-refractivity contribution is -0.133. The van der Waals surface area contributed by atoms with Crippen LogP contribution in [0.3, 0.4) is 0 Å². The Kier molecular flexibility index (Phi) is 5.14. The molecule has 1 aromatic rings. The van der Waals surface area contributed by atoms with Crippen LogP contribution in [0.2, 0.25) is 0 Å². The molecular formula is C18H24FN3O2. The summed E-state index contributed by atoms with van der Waals surface area (Å²) >= 11 is 0. The molecule has 1 N–H and O–H groups in total. The maximum absolute atomic E-state index is 13.9. The van der Waals surface area contributed by atoms with Gasteiger partial charge in [0, 0.05) is 24.2 Å². The summed E-state index contributed by atoms with van der Waals surface area (Å²) in [5.41, 5.74) is 0.534. The predicted octanol–water partition coefficient (Wildman–Crippen LogP) is 1.53. The highest BCUT2D eigenvalue weighted by atomic mass is 19.1. The molecule has 2 aliphatic rings. The number of hydrogen-bond donors (Lipinski definition) is 1. The Morgan fingerprint density at radius 2 is 1.88 bits per heavy atom. The third-order valence-electron chi connectivity index (χ3n) is 4.37. The third-order valence-corrected chi connectivity index (χ3v) is 4.37. The Balaban J connectivity index is 1.54. The minimum atomic E-state index is -0.284. The van der Waals surface area contributed by atoms with E-state index in [9.17, 15) is 14.0 Å². The fourth-order valence-corrected chi connectivity index (χ4v) is 2.74. The molecule has 0 aliphatic heterocycles. The Bertz CT molecular complexity index is 614. The number of carbonyl (C=O) groups excluding carboxylic acids is 2. The number of benzene rings is 1. The molecule has 0 aromatic heterocycles. The van der Waals surface area contributed by atoms with E-state index in [0.717, 1.165) is 25.7 Å². The summed E-state index contributed by atoms with van der Waals surface area (Å²) in [5.74, 6) is -0.379. The van der Waals surface area contributed by atoms with E-state index in [0.29, 0.717) is 11.6 Å². The minimum absolute atomic E-state index is 0.0418. The van der Waals surface area contributed by atoms with Crippen LogP contribution < -0.4 is 5.32 Å². The number of nitrogens with one attached hydrogen (secondary N) is 1. The molecule has 130 valence electrons. The van der Waals surface area contributed by atoms with E-state index in [1.54, 1.807) is 35.0 Å². The first-order chi connectivity index (χ1) is 11.5. The molecule has 6 heteroatoms. The standard InChI is InChI=1S/C18H24FN3O2/c1-21(11-17(23)20-14-6-7-14)12-18(24)22(15-8-9-15)10-13-4-2-3-5-16(13)19/h2-5,14-15H,6-12H2,1H3,(H,20,23). The number of carbonyl (C=O) groups is 2. The van der Waals surface area contributed by atoms with E-state index in [2.05, 4.69) is 5.32 Å². The number of hydrogen-bond acceptors (Lipinski definition) is 3. The summed E-state index contributed by atoms with van der Waals surface area (Å²) < 4.78 is 13.9. The van der Waals surface area contributed by atoms with Crippen LogP contribution in [0.25, 0.3) is 0 Å². The van der Waals surface area contributed by atoms with Crippen LogP contribution in [0.5, 0.6) is 0 Å². The van der Waals surface area contributed by atoms with Gasteiger partial charge < -0.3 is 10.2 Å². The highest BCUT2D eigenvalue weighted by Gasteiger charge is 2.33. The maximum Gasteiger partial charge on any atom is 0.237 e. The molecule has 2 fully saturated rings. The Hall–Kier alpha value is -1.95. The van der Waals surface area contributed by atoms with Crippen molar-refractivity contribution in [3.8, 4) is 0 Å². The lowest BCUT2D eigenvalue weighted by Gasteiger charge is -2.25. The summed E-state index contributed by atoms with van der Waals surface area (Å²) in [4.78, 5) is 27.9. The zero-order valence-electron chi connectivity index (χ0n) is 14.0. The molecule has 2 saturated carbocycles. The normalized spacial score (nSPS) is 17.0. The largest absolute Gasteiger partial charge is 0.352 e. The summed E-state index contributed by atoms with van der Waals surface area (Å²) in [6.07, 6.45) is 4.02. The molecule has 0 spiro atoms. The number of nitrogens with zero attached hydrogens (tertiary/aromatic N) is 2. The van der Waals surface area contributed by atoms with Crippen LogP contribution in [-0.2, 0) is 16.1 Å². The van der Waals surface area contributed by atoms with Crippen LogP contribution >= 0.6 is 0 Å². The van der Waals surface area contributed by atoms with Gasteiger partial charge in [0.15, 0.2) is 0 Å². The summed E-state index contributed by atoms with van der Waals surface area (Å²) in [6, 6.07) is 7.08. The molecule has 1 aromatic carbocycles. The van der Waals surface area contributed by atoms with E-state index < -0.39 is 0 Å². The molecule has 2 aliphatic carbocycles. The lowest BCUT2D eigenvalue weighted by atomic mass is 10.2. The second-order valence-corrected chi connectivity index (χ2v) is 6.86. The monoisotopic (exact) mass is 333 g/mol. The summed E-state index contributed by atoms with van der Waals surface area (Å²) in [5, 5.41) is 2.91. The SMILES string of the molecule is CN(CC(=O)NC1CC1)CC(=O)N(Cc1ccccc1F)C1CC1. The molecule has 0 unspecified atom stereocenters. The molecule has 0 radical (unpaired) electrons. The quantitative estimate of drug-likeness (QED) is 0.785. The van der Waals surface area contributed by atoms with Crippen molar-refractivity contribution in [1.82, 2.24) is 15.1 Å². The molecule has 2 amide bonds. The molecule has 0 heterocycles. The highest BCUT2D eigenvalue weighted by Crippen LogP contribution is 2.29. The molecule has 3 rings (SSSR count). The van der Waals surface area contributed by atoms with Gasteiger partial charge in [-0.2, -0.15) is 0 Å². The first-order valence-corrected chi connectivity index (χ1v) is 8.53. The van der Waals surface area contributed by atoms with Crippen molar-refractivity contribution in [2.24, 2.45) is 0 Å². The zero-order chi connectivity index (χ0) is 17.1. The van der Waals surface area contributed by atoms with Gasteiger partial charge in [0.1, 0.15) is 5.82 Å². The molecule has 0 saturated heterocycles. The highest BCUT2D eigenvalue weighted by molar-refractivity contribution is 5.81. The molecular weight excluding hydrogens is 309 g/mol. The van der Waals surface area contributed by atoms with Gasteiger partial charge in [0.05, 0.1) is 13.1 Å². The second-order valence-electron chi connectivity index (χ2n) is 6.86. The van der Waals surface area contributed by atoms with Crippen LogP contribution in [0.1, 0.15) is 31.2 Å². The van der Waals surface area contributed by atoms with E-state index in [-0.39, 0.29) is 43.3 Å². The van der Waals surface area contributed by atoms with Gasteiger partial charge in [0.25, 0.3) is 0 Å². The Labute approximate surface area is 141 Å². The molecule has 0 bridgehead atoms. The van der Waals surface area contributed by atoms with Crippen molar-refractivity contribution in [1.29, 1.82) is 0 Å². The molecule has 5 nitrogen and oxygen atoms in total. The van der Waals surface area contributed by atoms with Crippen LogP contribution in [-0.4, -0.2) is 53.8 Å². The van der Waals surface area contributed by atoms with Crippen LogP contribution in [0.15, 0.2) is 24.3 Å². The number of rotatable bonds is 8. The average molecular weight is 333 g/mol. The van der Waals surface area contributed by atoms with Crippen LogP contribution in [0, 0.1) is 5.82 Å².